The highest BCUT2D eigenvalue weighted by Gasteiger charge is 2.32. The summed E-state index contributed by atoms with van der Waals surface area (Å²) < 4.78 is 41.1. The van der Waals surface area contributed by atoms with Crippen molar-refractivity contribution in [3.8, 4) is 5.75 Å². The minimum Gasteiger partial charge on any atom is -0.404 e. The van der Waals surface area contributed by atoms with Crippen molar-refractivity contribution in [1.82, 2.24) is 4.98 Å². The van der Waals surface area contributed by atoms with Crippen LogP contribution in [-0.4, -0.2) is 23.9 Å². The molecule has 138 valence electrons. The molecule has 5 nitrogen and oxygen atoms in total. The monoisotopic (exact) mass is 486 g/mol. The molecule has 1 heterocycles. The molecule has 0 saturated heterocycles. The molecule has 0 saturated carbocycles. The minimum atomic E-state index is -4.77. The van der Waals surface area contributed by atoms with Gasteiger partial charge in [0.2, 0.25) is 0 Å². The molecular formula is C15H18F3IN4OS. The lowest BCUT2D eigenvalue weighted by Gasteiger charge is -2.14. The molecule has 2 aromatic rings. The van der Waals surface area contributed by atoms with Gasteiger partial charge >= 0.3 is 6.36 Å². The van der Waals surface area contributed by atoms with Gasteiger partial charge in [-0.2, -0.15) is 0 Å². The van der Waals surface area contributed by atoms with Gasteiger partial charge in [0.1, 0.15) is 0 Å². The van der Waals surface area contributed by atoms with Crippen LogP contribution in [0.1, 0.15) is 15.6 Å². The largest absolute Gasteiger partial charge is 0.573 e. The molecule has 0 fully saturated rings. The molecule has 0 spiro atoms. The summed E-state index contributed by atoms with van der Waals surface area (Å²) in [5.74, 6) is -0.343. The molecule has 0 aliphatic heterocycles. The van der Waals surface area contributed by atoms with Crippen molar-refractivity contribution in [2.45, 2.75) is 26.6 Å². The molecule has 1 aromatic carbocycles. The van der Waals surface area contributed by atoms with Crippen molar-refractivity contribution in [3.05, 3.63) is 39.8 Å². The Morgan fingerprint density at radius 3 is 2.60 bits per heavy atom. The fourth-order valence-corrected chi connectivity index (χ4v) is 2.97. The van der Waals surface area contributed by atoms with Crippen LogP contribution >= 0.6 is 35.3 Å². The van der Waals surface area contributed by atoms with Crippen LogP contribution in [0.3, 0.4) is 0 Å². The standard InChI is InChI=1S/C15H17F3N4OS.HI/c1-9-13(24-10(2)21-9)7-8-20-14(19)22-11-5-3-4-6-12(11)23-15(16,17)18;/h3-6H,7-8H2,1-2H3,(H3,19,20,22);1H. The number of hydrogen-bond acceptors (Lipinski definition) is 4. The lowest BCUT2D eigenvalue weighted by atomic mass is 10.3. The Labute approximate surface area is 164 Å². The Balaban J connectivity index is 0.00000312. The lowest BCUT2D eigenvalue weighted by molar-refractivity contribution is -0.274. The van der Waals surface area contributed by atoms with Crippen LogP contribution in [-0.2, 0) is 6.42 Å². The first-order valence-corrected chi connectivity index (χ1v) is 7.91. The quantitative estimate of drug-likeness (QED) is 0.377. The Hall–Kier alpha value is -1.56. The van der Waals surface area contributed by atoms with E-state index in [0.29, 0.717) is 13.0 Å². The minimum absolute atomic E-state index is 0. The zero-order chi connectivity index (χ0) is 17.7. The highest BCUT2D eigenvalue weighted by atomic mass is 127. The van der Waals surface area contributed by atoms with Crippen molar-refractivity contribution >= 4 is 47.0 Å². The number of hydrogen-bond donors (Lipinski definition) is 2. The smallest absolute Gasteiger partial charge is 0.404 e. The number of ether oxygens (including phenoxy) is 1. The van der Waals surface area contributed by atoms with Gasteiger partial charge in [0, 0.05) is 17.8 Å². The van der Waals surface area contributed by atoms with Crippen molar-refractivity contribution in [2.75, 3.05) is 11.9 Å². The van der Waals surface area contributed by atoms with E-state index in [-0.39, 0.29) is 41.4 Å². The van der Waals surface area contributed by atoms with E-state index in [0.717, 1.165) is 15.6 Å². The topological polar surface area (TPSA) is 72.5 Å². The molecule has 2 rings (SSSR count). The summed E-state index contributed by atoms with van der Waals surface area (Å²) in [6.45, 7) is 4.26. The number of alkyl halides is 3. The van der Waals surface area contributed by atoms with E-state index >= 15 is 0 Å². The lowest BCUT2D eigenvalue weighted by Crippen LogP contribution is -2.24. The number of para-hydroxylation sites is 2. The number of aliphatic imine (C=N–C) groups is 1. The van der Waals surface area contributed by atoms with Gasteiger partial charge in [0.25, 0.3) is 0 Å². The zero-order valence-electron chi connectivity index (χ0n) is 13.6. The molecule has 1 aromatic heterocycles. The molecule has 0 atom stereocenters. The number of halogens is 4. The number of nitrogens with one attached hydrogen (secondary N) is 1. The molecular weight excluding hydrogens is 468 g/mol. The molecule has 3 N–H and O–H groups in total. The van der Waals surface area contributed by atoms with Gasteiger partial charge in [0.15, 0.2) is 11.7 Å². The summed E-state index contributed by atoms with van der Waals surface area (Å²) in [4.78, 5) is 9.57. The number of anilines is 1. The number of guanidine groups is 1. The highest BCUT2D eigenvalue weighted by molar-refractivity contribution is 14.0. The molecule has 0 amide bonds. The zero-order valence-corrected chi connectivity index (χ0v) is 16.7. The highest BCUT2D eigenvalue weighted by Crippen LogP contribution is 2.29. The Kier molecular flexibility index (Phi) is 7.93. The van der Waals surface area contributed by atoms with Gasteiger partial charge in [-0.1, -0.05) is 12.1 Å². The SMILES string of the molecule is Cc1nc(C)c(CCN=C(N)Nc2ccccc2OC(F)(F)F)s1.I. The van der Waals surface area contributed by atoms with Crippen LogP contribution in [0.4, 0.5) is 18.9 Å². The Morgan fingerprint density at radius 1 is 1.32 bits per heavy atom. The van der Waals surface area contributed by atoms with E-state index in [4.69, 9.17) is 5.73 Å². The second kappa shape index (κ2) is 9.22. The van der Waals surface area contributed by atoms with Crippen LogP contribution in [0.15, 0.2) is 29.3 Å². The summed E-state index contributed by atoms with van der Waals surface area (Å²) in [5.41, 5.74) is 6.79. The molecule has 10 heteroatoms. The third-order valence-corrected chi connectivity index (χ3v) is 4.13. The summed E-state index contributed by atoms with van der Waals surface area (Å²) in [7, 11) is 0. The summed E-state index contributed by atoms with van der Waals surface area (Å²) in [5, 5.41) is 3.61. The summed E-state index contributed by atoms with van der Waals surface area (Å²) in [6.07, 6.45) is -4.11. The second-order valence-corrected chi connectivity index (χ2v) is 6.22. The van der Waals surface area contributed by atoms with Crippen LogP contribution in [0.5, 0.6) is 5.75 Å². The van der Waals surface area contributed by atoms with E-state index in [9.17, 15) is 13.2 Å². The maximum absolute atomic E-state index is 12.4. The predicted octanol–water partition coefficient (Wildman–Crippen LogP) is 4.25. The Bertz CT molecular complexity index is 734. The van der Waals surface area contributed by atoms with Crippen molar-refractivity contribution < 1.29 is 17.9 Å². The molecule has 0 aliphatic carbocycles. The normalized spacial score (nSPS) is 11.8. The number of nitrogens with two attached hydrogens (primary N) is 1. The van der Waals surface area contributed by atoms with Gasteiger partial charge in [0.05, 0.1) is 16.4 Å². The fraction of sp³-hybridized carbons (Fsp3) is 0.333. The number of benzene rings is 1. The maximum atomic E-state index is 12.4. The van der Waals surface area contributed by atoms with Crippen LogP contribution in [0.2, 0.25) is 0 Å². The van der Waals surface area contributed by atoms with Gasteiger partial charge in [-0.15, -0.1) is 48.5 Å². The van der Waals surface area contributed by atoms with E-state index in [2.05, 4.69) is 20.0 Å². The van der Waals surface area contributed by atoms with Gasteiger partial charge in [-0.3, -0.25) is 4.99 Å². The van der Waals surface area contributed by atoms with E-state index in [1.807, 2.05) is 13.8 Å². The van der Waals surface area contributed by atoms with Crippen LogP contribution in [0.25, 0.3) is 0 Å². The van der Waals surface area contributed by atoms with Crippen LogP contribution in [0, 0.1) is 13.8 Å². The van der Waals surface area contributed by atoms with E-state index in [1.165, 1.54) is 18.2 Å². The van der Waals surface area contributed by atoms with Gasteiger partial charge < -0.3 is 15.8 Å². The van der Waals surface area contributed by atoms with Gasteiger partial charge in [-0.25, -0.2) is 4.98 Å². The van der Waals surface area contributed by atoms with Crippen molar-refractivity contribution in [1.29, 1.82) is 0 Å². The van der Waals surface area contributed by atoms with E-state index < -0.39 is 6.36 Å². The number of nitrogens with zero attached hydrogens (tertiary/aromatic N) is 2. The van der Waals surface area contributed by atoms with E-state index in [1.54, 1.807) is 17.4 Å². The molecule has 0 aliphatic rings. The third kappa shape index (κ3) is 7.06. The molecule has 0 unspecified atom stereocenters. The summed E-state index contributed by atoms with van der Waals surface area (Å²) in [6, 6.07) is 5.64. The van der Waals surface area contributed by atoms with Crippen LogP contribution < -0.4 is 15.8 Å². The molecule has 25 heavy (non-hydrogen) atoms. The average Bonchev–Trinajstić information content (AvgIpc) is 2.78. The maximum Gasteiger partial charge on any atom is 0.573 e. The number of aromatic nitrogens is 1. The molecule has 0 bridgehead atoms. The number of aryl methyl sites for hydroxylation is 2. The second-order valence-electron chi connectivity index (χ2n) is 4.93. The first-order chi connectivity index (χ1) is 11.2. The number of rotatable bonds is 5. The predicted molar refractivity (Wildman–Crippen MR) is 104 cm³/mol. The van der Waals surface area contributed by atoms with Crippen molar-refractivity contribution in [2.24, 2.45) is 10.7 Å². The van der Waals surface area contributed by atoms with Crippen molar-refractivity contribution in [3.63, 3.8) is 0 Å². The Morgan fingerprint density at radius 2 is 2.00 bits per heavy atom. The third-order valence-electron chi connectivity index (χ3n) is 3.00. The van der Waals surface area contributed by atoms with Gasteiger partial charge in [-0.05, 0) is 26.0 Å². The first-order valence-electron chi connectivity index (χ1n) is 7.09. The summed E-state index contributed by atoms with van der Waals surface area (Å²) >= 11 is 1.59. The average molecular weight is 486 g/mol. The fourth-order valence-electron chi connectivity index (χ4n) is 2.04. The molecule has 0 radical (unpaired) electrons. The first kappa shape index (κ1) is 21.5. The number of thiazole rings is 1.